The maximum Gasteiger partial charge on any atom is 0.328 e. The van der Waals surface area contributed by atoms with Crippen LogP contribution < -0.4 is 5.32 Å². The number of hydrogen-bond acceptors (Lipinski definition) is 4. The van der Waals surface area contributed by atoms with Gasteiger partial charge >= 0.3 is 5.97 Å². The molecule has 0 fully saturated rings. The van der Waals surface area contributed by atoms with Crippen molar-refractivity contribution in [1.82, 2.24) is 5.32 Å². The highest BCUT2D eigenvalue weighted by Crippen LogP contribution is 2.08. The molecule has 1 aromatic carbocycles. The van der Waals surface area contributed by atoms with Crippen LogP contribution in [0.2, 0.25) is 0 Å². The van der Waals surface area contributed by atoms with Gasteiger partial charge in [-0.15, -0.1) is 0 Å². The third kappa shape index (κ3) is 5.61. The third-order valence-electron chi connectivity index (χ3n) is 2.88. The molecule has 0 aliphatic carbocycles. The normalized spacial score (nSPS) is 12.9. The molecule has 1 amide bonds. The highest BCUT2D eigenvalue weighted by atomic mass is 19.1. The summed E-state index contributed by atoms with van der Waals surface area (Å²) in [5, 5.41) is 11.3. The van der Waals surface area contributed by atoms with Crippen LogP contribution in [0.3, 0.4) is 0 Å². The van der Waals surface area contributed by atoms with Crippen LogP contribution in [0.15, 0.2) is 24.3 Å². The summed E-state index contributed by atoms with van der Waals surface area (Å²) in [6.45, 7) is 1.65. The lowest BCUT2D eigenvalue weighted by Crippen LogP contribution is -2.43. The molecular formula is C15H17FN2O3. The summed E-state index contributed by atoms with van der Waals surface area (Å²) in [5.74, 6) is -1.86. The molecule has 1 rings (SSSR count). The quantitative estimate of drug-likeness (QED) is 0.807. The van der Waals surface area contributed by atoms with E-state index in [2.05, 4.69) is 10.1 Å². The molecule has 0 aliphatic heterocycles. The maximum absolute atomic E-state index is 13.0. The average molecular weight is 292 g/mol. The molecule has 1 aromatic rings. The number of halogens is 1. The zero-order valence-electron chi connectivity index (χ0n) is 11.9. The van der Waals surface area contributed by atoms with Gasteiger partial charge in [0.15, 0.2) is 0 Å². The molecule has 0 spiro atoms. The van der Waals surface area contributed by atoms with Gasteiger partial charge in [-0.2, -0.15) is 5.26 Å². The molecule has 0 aliphatic rings. The molecule has 0 aromatic heterocycles. The molecule has 0 saturated carbocycles. The van der Waals surface area contributed by atoms with E-state index in [4.69, 9.17) is 5.26 Å². The number of nitrogens with one attached hydrogen (secondary N) is 1. The molecular weight excluding hydrogens is 275 g/mol. The Labute approximate surface area is 122 Å². The van der Waals surface area contributed by atoms with Crippen LogP contribution in [0, 0.1) is 23.1 Å². The number of nitrogens with zero attached hydrogens (tertiary/aromatic N) is 1. The number of carbonyl (C=O) groups excluding carboxylic acids is 2. The minimum absolute atomic E-state index is 0.0494. The lowest BCUT2D eigenvalue weighted by Gasteiger charge is -2.17. The number of methoxy groups -OCH3 is 1. The summed E-state index contributed by atoms with van der Waals surface area (Å²) in [6.07, 6.45) is 0.115. The maximum atomic E-state index is 13.0. The minimum Gasteiger partial charge on any atom is -0.467 e. The number of esters is 1. The minimum atomic E-state index is -0.884. The summed E-state index contributed by atoms with van der Waals surface area (Å²) >= 11 is 0. The fourth-order valence-corrected chi connectivity index (χ4v) is 1.84. The van der Waals surface area contributed by atoms with E-state index < -0.39 is 29.7 Å². The van der Waals surface area contributed by atoms with Crippen LogP contribution >= 0.6 is 0 Å². The highest BCUT2D eigenvalue weighted by Gasteiger charge is 2.23. The molecule has 0 heterocycles. The Morgan fingerprint density at radius 2 is 2.19 bits per heavy atom. The monoisotopic (exact) mass is 292 g/mol. The fraction of sp³-hybridized carbons (Fsp3) is 0.400. The van der Waals surface area contributed by atoms with Crippen molar-refractivity contribution in [2.45, 2.75) is 25.8 Å². The van der Waals surface area contributed by atoms with E-state index in [1.165, 1.54) is 25.3 Å². The van der Waals surface area contributed by atoms with E-state index in [-0.39, 0.29) is 12.8 Å². The standard InChI is InChI=1S/C15H17FN2O3/c1-10(9-17)6-13(15(20)21-2)18-14(19)8-11-4-3-5-12(16)7-11/h3-5,7,10,13H,6,8H2,1-2H3,(H,18,19)/t10-,13+/m1/s1. The zero-order chi connectivity index (χ0) is 15.8. The number of nitriles is 1. The predicted molar refractivity (Wildman–Crippen MR) is 73.4 cm³/mol. The number of ether oxygens (including phenoxy) is 1. The Hall–Kier alpha value is -2.42. The Kier molecular flexibility index (Phi) is 6.34. The summed E-state index contributed by atoms with van der Waals surface area (Å²) in [5.41, 5.74) is 0.504. The van der Waals surface area contributed by atoms with Gasteiger partial charge in [-0.25, -0.2) is 9.18 Å². The van der Waals surface area contributed by atoms with Crippen LogP contribution in [-0.2, 0) is 20.7 Å². The molecule has 0 saturated heterocycles. The summed E-state index contributed by atoms with van der Waals surface area (Å²) in [7, 11) is 1.21. The van der Waals surface area contributed by atoms with Crippen LogP contribution in [0.4, 0.5) is 4.39 Å². The van der Waals surface area contributed by atoms with Crippen molar-refractivity contribution in [2.75, 3.05) is 7.11 Å². The van der Waals surface area contributed by atoms with E-state index >= 15 is 0 Å². The van der Waals surface area contributed by atoms with Gasteiger partial charge in [-0.1, -0.05) is 12.1 Å². The van der Waals surface area contributed by atoms with Crippen molar-refractivity contribution in [3.8, 4) is 6.07 Å². The lowest BCUT2D eigenvalue weighted by atomic mass is 10.0. The smallest absolute Gasteiger partial charge is 0.328 e. The first kappa shape index (κ1) is 16.6. The lowest BCUT2D eigenvalue weighted by molar-refractivity contribution is -0.145. The Morgan fingerprint density at radius 3 is 2.76 bits per heavy atom. The second-order valence-electron chi connectivity index (χ2n) is 4.72. The summed E-state index contributed by atoms with van der Waals surface area (Å²) in [6, 6.07) is 6.78. The van der Waals surface area contributed by atoms with Gasteiger partial charge in [0.2, 0.25) is 5.91 Å². The molecule has 112 valence electrons. The first-order chi connectivity index (χ1) is 9.96. The van der Waals surface area contributed by atoms with E-state index in [0.29, 0.717) is 5.56 Å². The second kappa shape index (κ2) is 8.00. The molecule has 1 N–H and O–H groups in total. The second-order valence-corrected chi connectivity index (χ2v) is 4.72. The largest absolute Gasteiger partial charge is 0.467 e. The first-order valence-electron chi connectivity index (χ1n) is 6.47. The Morgan fingerprint density at radius 1 is 1.48 bits per heavy atom. The summed E-state index contributed by atoms with van der Waals surface area (Å²) < 4.78 is 17.6. The number of rotatable bonds is 6. The highest BCUT2D eigenvalue weighted by molar-refractivity contribution is 5.85. The van der Waals surface area contributed by atoms with Crippen molar-refractivity contribution in [2.24, 2.45) is 5.92 Å². The van der Waals surface area contributed by atoms with Crippen molar-refractivity contribution < 1.29 is 18.7 Å². The molecule has 0 bridgehead atoms. The SMILES string of the molecule is COC(=O)[C@H](C[C@@H](C)C#N)NC(=O)Cc1cccc(F)c1. The van der Waals surface area contributed by atoms with Gasteiger partial charge in [0.25, 0.3) is 0 Å². The molecule has 2 atom stereocenters. The molecule has 5 nitrogen and oxygen atoms in total. The summed E-state index contributed by atoms with van der Waals surface area (Å²) in [4.78, 5) is 23.5. The number of benzene rings is 1. The van der Waals surface area contributed by atoms with Gasteiger partial charge in [-0.3, -0.25) is 4.79 Å². The fourth-order valence-electron chi connectivity index (χ4n) is 1.84. The van der Waals surface area contributed by atoms with E-state index in [1.807, 2.05) is 6.07 Å². The molecule has 21 heavy (non-hydrogen) atoms. The van der Waals surface area contributed by atoms with Crippen molar-refractivity contribution in [3.05, 3.63) is 35.6 Å². The van der Waals surface area contributed by atoms with Gasteiger partial charge in [0.05, 0.1) is 19.6 Å². The van der Waals surface area contributed by atoms with E-state index in [1.54, 1.807) is 13.0 Å². The van der Waals surface area contributed by atoms with Crippen LogP contribution in [0.1, 0.15) is 18.9 Å². The van der Waals surface area contributed by atoms with Gasteiger partial charge in [0, 0.05) is 5.92 Å². The van der Waals surface area contributed by atoms with E-state index in [0.717, 1.165) is 0 Å². The van der Waals surface area contributed by atoms with Crippen molar-refractivity contribution >= 4 is 11.9 Å². The van der Waals surface area contributed by atoms with Gasteiger partial charge in [0.1, 0.15) is 11.9 Å². The third-order valence-corrected chi connectivity index (χ3v) is 2.88. The average Bonchev–Trinajstić information content (AvgIpc) is 2.45. The van der Waals surface area contributed by atoms with Crippen molar-refractivity contribution in [1.29, 1.82) is 5.26 Å². The number of amides is 1. The van der Waals surface area contributed by atoms with E-state index in [9.17, 15) is 14.0 Å². The zero-order valence-corrected chi connectivity index (χ0v) is 11.9. The van der Waals surface area contributed by atoms with Crippen LogP contribution in [-0.4, -0.2) is 25.0 Å². The van der Waals surface area contributed by atoms with Gasteiger partial charge in [-0.05, 0) is 31.0 Å². The predicted octanol–water partition coefficient (Wildman–Crippen LogP) is 1.58. The van der Waals surface area contributed by atoms with Crippen molar-refractivity contribution in [3.63, 3.8) is 0 Å². The Balaban J connectivity index is 2.67. The first-order valence-corrected chi connectivity index (χ1v) is 6.47. The van der Waals surface area contributed by atoms with Crippen LogP contribution in [0.25, 0.3) is 0 Å². The Bertz CT molecular complexity index is 554. The van der Waals surface area contributed by atoms with Gasteiger partial charge < -0.3 is 10.1 Å². The topological polar surface area (TPSA) is 79.2 Å². The number of carbonyl (C=O) groups is 2. The molecule has 0 unspecified atom stereocenters. The molecule has 6 heteroatoms. The molecule has 0 radical (unpaired) electrons. The van der Waals surface area contributed by atoms with Crippen LogP contribution in [0.5, 0.6) is 0 Å². The number of hydrogen-bond donors (Lipinski definition) is 1.